The number of rotatable bonds is 6. The van der Waals surface area contributed by atoms with Crippen LogP contribution in [0.1, 0.15) is 17.2 Å². The van der Waals surface area contributed by atoms with Gasteiger partial charge in [-0.15, -0.1) is 0 Å². The van der Waals surface area contributed by atoms with Crippen LogP contribution in [0.3, 0.4) is 0 Å². The van der Waals surface area contributed by atoms with E-state index >= 15 is 0 Å². The summed E-state index contributed by atoms with van der Waals surface area (Å²) in [5.41, 5.74) is 4.41. The first kappa shape index (κ1) is 23.6. The smallest absolute Gasteiger partial charge is 0.197 e. The zero-order valence-electron chi connectivity index (χ0n) is 21.0. The van der Waals surface area contributed by atoms with Gasteiger partial charge in [0.1, 0.15) is 0 Å². The van der Waals surface area contributed by atoms with Gasteiger partial charge < -0.3 is 14.5 Å². The Bertz CT molecular complexity index is 1290. The Labute approximate surface area is 218 Å². The van der Waals surface area contributed by atoms with Crippen molar-refractivity contribution < 1.29 is 4.74 Å². The summed E-state index contributed by atoms with van der Waals surface area (Å²) in [5.74, 6) is 1.54. The van der Waals surface area contributed by atoms with Gasteiger partial charge in [0, 0.05) is 39.3 Å². The first-order valence-corrected chi connectivity index (χ1v) is 13.1. The number of benzene rings is 3. The molecule has 6 rings (SSSR count). The summed E-state index contributed by atoms with van der Waals surface area (Å²) in [6.45, 7) is 6.73. The third-order valence-electron chi connectivity index (χ3n) is 7.13. The van der Waals surface area contributed by atoms with E-state index in [4.69, 9.17) is 19.7 Å². The van der Waals surface area contributed by atoms with Crippen LogP contribution in [0.4, 0.5) is 11.6 Å². The number of hydrogen-bond acceptors (Lipinski definition) is 6. The van der Waals surface area contributed by atoms with Crippen molar-refractivity contribution in [2.45, 2.75) is 6.04 Å². The van der Waals surface area contributed by atoms with Crippen LogP contribution in [-0.4, -0.2) is 78.6 Å². The molecule has 4 aromatic rings. The van der Waals surface area contributed by atoms with Crippen molar-refractivity contribution in [3.8, 4) is 0 Å². The van der Waals surface area contributed by atoms with E-state index in [1.54, 1.807) is 0 Å². The van der Waals surface area contributed by atoms with Crippen molar-refractivity contribution >= 4 is 29.0 Å². The fourth-order valence-corrected chi connectivity index (χ4v) is 5.19. The molecule has 2 aliphatic rings. The predicted molar refractivity (Wildman–Crippen MR) is 149 cm³/mol. The van der Waals surface area contributed by atoms with E-state index < -0.39 is 0 Å². The summed E-state index contributed by atoms with van der Waals surface area (Å²) in [6, 6.07) is 29.9. The molecule has 0 unspecified atom stereocenters. The lowest BCUT2D eigenvalue weighted by Gasteiger charge is -2.40. The molecule has 2 saturated heterocycles. The van der Waals surface area contributed by atoms with E-state index in [0.717, 1.165) is 69.3 Å². The highest BCUT2D eigenvalue weighted by atomic mass is 16.5. The average molecular weight is 493 g/mol. The quantitative estimate of drug-likeness (QED) is 0.291. The second-order valence-corrected chi connectivity index (χ2v) is 9.50. The van der Waals surface area contributed by atoms with Crippen molar-refractivity contribution in [3.63, 3.8) is 0 Å². The number of aromatic nitrogens is 2. The largest absolute Gasteiger partial charge is 0.378 e. The highest BCUT2D eigenvalue weighted by Crippen LogP contribution is 2.32. The normalized spacial score (nSPS) is 17.2. The van der Waals surface area contributed by atoms with Crippen LogP contribution in [0.15, 0.2) is 89.9 Å². The standard InChI is InChI=1S/C30H32N6O/c1-3-9-24(10-4-1)28(25-11-5-2-6-12-25)35-15-17-36(18-16-35)30-29(31-23-34-19-21-37-22-20-34)32-26-13-7-8-14-27(26)33-30/h1-14,23,28H,15-22H2. The molecule has 37 heavy (non-hydrogen) atoms. The molecule has 0 bridgehead atoms. The van der Waals surface area contributed by atoms with Gasteiger partial charge in [0.2, 0.25) is 0 Å². The summed E-state index contributed by atoms with van der Waals surface area (Å²) in [7, 11) is 0. The molecule has 7 nitrogen and oxygen atoms in total. The minimum absolute atomic E-state index is 0.228. The van der Waals surface area contributed by atoms with Gasteiger partial charge in [-0.2, -0.15) is 0 Å². The van der Waals surface area contributed by atoms with Gasteiger partial charge in [-0.1, -0.05) is 72.8 Å². The van der Waals surface area contributed by atoms with Crippen LogP contribution in [0.25, 0.3) is 11.0 Å². The molecule has 0 aliphatic carbocycles. The molecule has 0 spiro atoms. The van der Waals surface area contributed by atoms with Crippen LogP contribution < -0.4 is 4.90 Å². The molecule has 0 atom stereocenters. The van der Waals surface area contributed by atoms with E-state index in [9.17, 15) is 0 Å². The van der Waals surface area contributed by atoms with Crippen LogP contribution in [0.2, 0.25) is 0 Å². The fraction of sp³-hybridized carbons (Fsp3) is 0.300. The molecule has 0 N–H and O–H groups in total. The van der Waals surface area contributed by atoms with E-state index in [-0.39, 0.29) is 6.04 Å². The molecule has 2 aliphatic heterocycles. The van der Waals surface area contributed by atoms with Gasteiger partial charge >= 0.3 is 0 Å². The molecule has 188 valence electrons. The number of nitrogens with zero attached hydrogens (tertiary/aromatic N) is 6. The van der Waals surface area contributed by atoms with Gasteiger partial charge in [0.05, 0.1) is 36.6 Å². The minimum Gasteiger partial charge on any atom is -0.378 e. The number of hydrogen-bond donors (Lipinski definition) is 0. The number of fused-ring (bicyclic) bond motifs is 1. The first-order valence-electron chi connectivity index (χ1n) is 13.1. The number of para-hydroxylation sites is 2. The molecular weight excluding hydrogens is 460 g/mol. The van der Waals surface area contributed by atoms with Gasteiger partial charge in [-0.25, -0.2) is 15.0 Å². The average Bonchev–Trinajstić information content (AvgIpc) is 2.98. The molecule has 3 aromatic carbocycles. The van der Waals surface area contributed by atoms with Gasteiger partial charge in [-0.05, 0) is 23.3 Å². The second kappa shape index (κ2) is 11.1. The number of ether oxygens (including phenoxy) is 1. The molecular formula is C30H32N6O. The van der Waals surface area contributed by atoms with Gasteiger partial charge in [0.25, 0.3) is 0 Å². The minimum atomic E-state index is 0.228. The van der Waals surface area contributed by atoms with Crippen LogP contribution in [0.5, 0.6) is 0 Å². The SMILES string of the molecule is C(=Nc1nc2ccccc2nc1N1CCN(C(c2ccccc2)c2ccccc2)CC1)N1CCOCC1. The van der Waals surface area contributed by atoms with E-state index in [1.165, 1.54) is 11.1 Å². The van der Waals surface area contributed by atoms with Crippen molar-refractivity contribution in [1.82, 2.24) is 19.8 Å². The Kier molecular flexibility index (Phi) is 7.05. The molecule has 1 aromatic heterocycles. The van der Waals surface area contributed by atoms with Crippen molar-refractivity contribution in [3.05, 3.63) is 96.1 Å². The van der Waals surface area contributed by atoms with Crippen molar-refractivity contribution in [2.24, 2.45) is 4.99 Å². The lowest BCUT2D eigenvalue weighted by atomic mass is 9.96. The molecule has 0 amide bonds. The molecule has 2 fully saturated rings. The van der Waals surface area contributed by atoms with E-state index in [0.29, 0.717) is 5.82 Å². The van der Waals surface area contributed by atoms with Gasteiger partial charge in [-0.3, -0.25) is 4.90 Å². The highest BCUT2D eigenvalue weighted by molar-refractivity contribution is 5.81. The summed E-state index contributed by atoms with van der Waals surface area (Å²) in [4.78, 5) is 21.9. The van der Waals surface area contributed by atoms with Crippen LogP contribution in [0, 0.1) is 0 Å². The highest BCUT2D eigenvalue weighted by Gasteiger charge is 2.28. The monoisotopic (exact) mass is 492 g/mol. The Hall–Kier alpha value is -3.81. The Balaban J connectivity index is 1.26. The number of morpholine rings is 1. The third-order valence-corrected chi connectivity index (χ3v) is 7.13. The second-order valence-electron chi connectivity index (χ2n) is 9.50. The molecule has 0 saturated carbocycles. The third kappa shape index (κ3) is 5.33. The zero-order chi connectivity index (χ0) is 24.9. The summed E-state index contributed by atoms with van der Waals surface area (Å²) in [5, 5.41) is 0. The molecule has 3 heterocycles. The van der Waals surface area contributed by atoms with E-state index in [1.807, 2.05) is 30.6 Å². The Morgan fingerprint density at radius 1 is 0.676 bits per heavy atom. The summed E-state index contributed by atoms with van der Waals surface area (Å²) >= 11 is 0. The summed E-state index contributed by atoms with van der Waals surface area (Å²) in [6.07, 6.45) is 1.90. The summed E-state index contributed by atoms with van der Waals surface area (Å²) < 4.78 is 5.48. The predicted octanol–water partition coefficient (Wildman–Crippen LogP) is 4.53. The zero-order valence-corrected chi connectivity index (χ0v) is 21.0. The molecule has 0 radical (unpaired) electrons. The Morgan fingerprint density at radius 3 is 1.86 bits per heavy atom. The van der Waals surface area contributed by atoms with Crippen LogP contribution >= 0.6 is 0 Å². The van der Waals surface area contributed by atoms with Crippen molar-refractivity contribution in [1.29, 1.82) is 0 Å². The molecule has 7 heteroatoms. The topological polar surface area (TPSA) is 57.1 Å². The maximum absolute atomic E-state index is 5.48. The number of piperazine rings is 1. The maximum atomic E-state index is 5.48. The number of anilines is 1. The maximum Gasteiger partial charge on any atom is 0.197 e. The van der Waals surface area contributed by atoms with Gasteiger partial charge in [0.15, 0.2) is 11.6 Å². The first-order chi connectivity index (χ1) is 18.3. The van der Waals surface area contributed by atoms with Crippen LogP contribution in [-0.2, 0) is 4.74 Å². The lowest BCUT2D eigenvalue weighted by Crippen LogP contribution is -2.48. The van der Waals surface area contributed by atoms with E-state index in [2.05, 4.69) is 75.4 Å². The Morgan fingerprint density at radius 2 is 1.24 bits per heavy atom. The number of aliphatic imine (C=N–C) groups is 1. The van der Waals surface area contributed by atoms with Crippen molar-refractivity contribution in [2.75, 3.05) is 57.4 Å². The lowest BCUT2D eigenvalue weighted by molar-refractivity contribution is 0.0701. The fourth-order valence-electron chi connectivity index (χ4n) is 5.19.